The molecular weight excluding hydrogens is 362 g/mol. The van der Waals surface area contributed by atoms with Gasteiger partial charge < -0.3 is 5.32 Å². The molecule has 1 aliphatic carbocycles. The Morgan fingerprint density at radius 1 is 1.11 bits per heavy atom. The summed E-state index contributed by atoms with van der Waals surface area (Å²) in [6.45, 7) is 3.85. The van der Waals surface area contributed by atoms with E-state index in [1.807, 2.05) is 37.3 Å². The fourth-order valence-electron chi connectivity index (χ4n) is 3.72. The van der Waals surface area contributed by atoms with E-state index in [2.05, 4.69) is 10.2 Å². The zero-order valence-electron chi connectivity index (χ0n) is 15.9. The van der Waals surface area contributed by atoms with Gasteiger partial charge in [0.05, 0.1) is 6.04 Å². The van der Waals surface area contributed by atoms with E-state index in [9.17, 15) is 13.2 Å². The molecule has 1 aromatic carbocycles. The second-order valence-electron chi connectivity index (χ2n) is 7.36. The van der Waals surface area contributed by atoms with E-state index in [0.29, 0.717) is 32.2 Å². The summed E-state index contributed by atoms with van der Waals surface area (Å²) in [7, 11) is -3.44. The Morgan fingerprint density at radius 2 is 1.74 bits per heavy atom. The van der Waals surface area contributed by atoms with Crippen LogP contribution in [0.25, 0.3) is 6.08 Å². The molecule has 1 unspecified atom stereocenters. The normalized spacial score (nSPS) is 21.5. The minimum Gasteiger partial charge on any atom is -0.352 e. The molecule has 1 saturated carbocycles. The summed E-state index contributed by atoms with van der Waals surface area (Å²) in [6, 6.07) is 9.48. The fourth-order valence-corrected chi connectivity index (χ4v) is 4.89. The molecule has 27 heavy (non-hydrogen) atoms. The largest absolute Gasteiger partial charge is 0.352 e. The van der Waals surface area contributed by atoms with Gasteiger partial charge in [0.2, 0.25) is 15.9 Å². The van der Waals surface area contributed by atoms with Gasteiger partial charge in [-0.1, -0.05) is 43.2 Å². The van der Waals surface area contributed by atoms with Gasteiger partial charge >= 0.3 is 0 Å². The van der Waals surface area contributed by atoms with Crippen LogP contribution >= 0.6 is 0 Å². The molecule has 0 aromatic heterocycles. The molecule has 1 amide bonds. The summed E-state index contributed by atoms with van der Waals surface area (Å²) in [5.74, 6) is 0.0576. The highest BCUT2D eigenvalue weighted by Gasteiger charge is 2.30. The third-order valence-electron chi connectivity index (χ3n) is 5.49. The molecule has 0 radical (unpaired) electrons. The Balaban J connectivity index is 1.51. The Labute approximate surface area is 162 Å². The van der Waals surface area contributed by atoms with Gasteiger partial charge in [0.1, 0.15) is 0 Å². The van der Waals surface area contributed by atoms with Gasteiger partial charge in [0, 0.05) is 37.6 Å². The predicted octanol–water partition coefficient (Wildman–Crippen LogP) is 2.05. The van der Waals surface area contributed by atoms with Crippen LogP contribution in [-0.4, -0.2) is 61.8 Å². The Morgan fingerprint density at radius 3 is 2.37 bits per heavy atom. The van der Waals surface area contributed by atoms with Gasteiger partial charge in [0.25, 0.3) is 0 Å². The van der Waals surface area contributed by atoms with Crippen LogP contribution in [0.15, 0.2) is 35.7 Å². The molecule has 148 valence electrons. The quantitative estimate of drug-likeness (QED) is 0.806. The van der Waals surface area contributed by atoms with Crippen molar-refractivity contribution in [3.63, 3.8) is 0 Å². The van der Waals surface area contributed by atoms with Crippen LogP contribution in [0.1, 0.15) is 38.2 Å². The van der Waals surface area contributed by atoms with E-state index in [1.54, 1.807) is 6.08 Å². The van der Waals surface area contributed by atoms with Crippen molar-refractivity contribution in [1.82, 2.24) is 14.5 Å². The van der Waals surface area contributed by atoms with Crippen LogP contribution in [0.2, 0.25) is 0 Å². The molecule has 1 N–H and O–H groups in total. The maximum Gasteiger partial charge on any atom is 0.237 e. The van der Waals surface area contributed by atoms with Gasteiger partial charge in [-0.3, -0.25) is 9.69 Å². The number of amides is 1. The van der Waals surface area contributed by atoms with Gasteiger partial charge in [-0.05, 0) is 31.4 Å². The van der Waals surface area contributed by atoms with Crippen LogP contribution in [0.5, 0.6) is 0 Å². The fraction of sp³-hybridized carbons (Fsp3) is 0.550. The first kappa shape index (κ1) is 20.0. The van der Waals surface area contributed by atoms with Crippen molar-refractivity contribution in [2.45, 2.75) is 44.7 Å². The molecule has 3 rings (SSSR count). The summed E-state index contributed by atoms with van der Waals surface area (Å²) in [5.41, 5.74) is 0.858. The summed E-state index contributed by atoms with van der Waals surface area (Å²) < 4.78 is 26.6. The maximum absolute atomic E-state index is 12.5. The highest BCUT2D eigenvalue weighted by molar-refractivity contribution is 7.92. The summed E-state index contributed by atoms with van der Waals surface area (Å²) >= 11 is 0. The first-order chi connectivity index (χ1) is 13.0. The Hall–Kier alpha value is -1.70. The third kappa shape index (κ3) is 5.40. The second-order valence-corrected chi connectivity index (χ2v) is 9.18. The lowest BCUT2D eigenvalue weighted by atomic mass is 10.2. The van der Waals surface area contributed by atoms with E-state index in [-0.39, 0.29) is 11.9 Å². The van der Waals surface area contributed by atoms with Crippen molar-refractivity contribution in [2.75, 3.05) is 26.2 Å². The lowest BCUT2D eigenvalue weighted by molar-refractivity contribution is -0.127. The number of hydrogen-bond acceptors (Lipinski definition) is 4. The number of carbonyl (C=O) groups excluding carboxylic acids is 1. The lowest BCUT2D eigenvalue weighted by Crippen LogP contribution is -2.55. The standard InChI is InChI=1S/C20H29N3O3S/c1-17(20(24)21-19-9-5-6-10-19)22-12-14-23(15-13-22)27(25,26)16-11-18-7-3-2-4-8-18/h2-4,7-8,11,16-17,19H,5-6,9-10,12-15H2,1H3,(H,21,24)/b16-11+. The molecule has 0 spiro atoms. The van der Waals surface area contributed by atoms with Crippen LogP contribution < -0.4 is 5.32 Å². The SMILES string of the molecule is CC(C(=O)NC1CCCC1)N1CCN(S(=O)(=O)/C=C/c2ccccc2)CC1. The zero-order valence-corrected chi connectivity index (χ0v) is 16.7. The Kier molecular flexibility index (Phi) is 6.68. The van der Waals surface area contributed by atoms with Crippen LogP contribution in [-0.2, 0) is 14.8 Å². The molecule has 1 aliphatic heterocycles. The van der Waals surface area contributed by atoms with Crippen molar-refractivity contribution >= 4 is 22.0 Å². The number of hydrogen-bond donors (Lipinski definition) is 1. The summed E-state index contributed by atoms with van der Waals surface area (Å²) in [6.07, 6.45) is 6.13. The van der Waals surface area contributed by atoms with Crippen LogP contribution in [0, 0.1) is 0 Å². The molecule has 2 fully saturated rings. The molecular formula is C20H29N3O3S. The number of carbonyl (C=O) groups is 1. The van der Waals surface area contributed by atoms with Crippen molar-refractivity contribution in [3.8, 4) is 0 Å². The van der Waals surface area contributed by atoms with Crippen molar-refractivity contribution < 1.29 is 13.2 Å². The van der Waals surface area contributed by atoms with Crippen LogP contribution in [0.3, 0.4) is 0 Å². The highest BCUT2D eigenvalue weighted by atomic mass is 32.2. The Bertz CT molecular complexity index is 750. The van der Waals surface area contributed by atoms with Gasteiger partial charge in [-0.25, -0.2) is 8.42 Å². The summed E-state index contributed by atoms with van der Waals surface area (Å²) in [4.78, 5) is 14.5. The molecule has 7 heteroatoms. The molecule has 1 saturated heterocycles. The topological polar surface area (TPSA) is 69.7 Å². The van der Waals surface area contributed by atoms with Crippen molar-refractivity contribution in [1.29, 1.82) is 0 Å². The van der Waals surface area contributed by atoms with E-state index >= 15 is 0 Å². The van der Waals surface area contributed by atoms with Gasteiger partial charge in [0.15, 0.2) is 0 Å². The van der Waals surface area contributed by atoms with Crippen LogP contribution in [0.4, 0.5) is 0 Å². The average Bonchev–Trinajstić information content (AvgIpc) is 3.20. The molecule has 6 nitrogen and oxygen atoms in total. The molecule has 1 heterocycles. The zero-order chi connectivity index (χ0) is 19.3. The third-order valence-corrected chi connectivity index (χ3v) is 7.06. The molecule has 0 bridgehead atoms. The van der Waals surface area contributed by atoms with Gasteiger partial charge in [-0.15, -0.1) is 0 Å². The maximum atomic E-state index is 12.5. The van der Waals surface area contributed by atoms with E-state index in [1.165, 1.54) is 22.6 Å². The number of piperazine rings is 1. The first-order valence-electron chi connectivity index (χ1n) is 9.73. The molecule has 2 aliphatic rings. The van der Waals surface area contributed by atoms with E-state index in [0.717, 1.165) is 18.4 Å². The van der Waals surface area contributed by atoms with Crippen molar-refractivity contribution in [3.05, 3.63) is 41.3 Å². The first-order valence-corrected chi connectivity index (χ1v) is 11.2. The minimum absolute atomic E-state index is 0.0576. The number of sulfonamides is 1. The highest BCUT2D eigenvalue weighted by Crippen LogP contribution is 2.18. The lowest BCUT2D eigenvalue weighted by Gasteiger charge is -2.36. The monoisotopic (exact) mass is 391 g/mol. The average molecular weight is 392 g/mol. The smallest absolute Gasteiger partial charge is 0.237 e. The van der Waals surface area contributed by atoms with E-state index in [4.69, 9.17) is 0 Å². The van der Waals surface area contributed by atoms with Crippen molar-refractivity contribution in [2.24, 2.45) is 0 Å². The second kappa shape index (κ2) is 8.99. The molecule has 1 atom stereocenters. The number of nitrogens with zero attached hydrogens (tertiary/aromatic N) is 2. The number of rotatable bonds is 6. The van der Waals surface area contributed by atoms with E-state index < -0.39 is 10.0 Å². The minimum atomic E-state index is -3.44. The predicted molar refractivity (Wildman–Crippen MR) is 107 cm³/mol. The summed E-state index contributed by atoms with van der Waals surface area (Å²) in [5, 5.41) is 4.40. The molecule has 1 aromatic rings. The number of nitrogens with one attached hydrogen (secondary N) is 1. The van der Waals surface area contributed by atoms with Gasteiger partial charge in [-0.2, -0.15) is 4.31 Å². The number of benzene rings is 1.